The van der Waals surface area contributed by atoms with E-state index in [2.05, 4.69) is 22.1 Å². The van der Waals surface area contributed by atoms with Gasteiger partial charge in [-0.1, -0.05) is 37.8 Å². The van der Waals surface area contributed by atoms with Gasteiger partial charge in [0.25, 0.3) is 5.91 Å². The average molecular weight is 509 g/mol. The van der Waals surface area contributed by atoms with Gasteiger partial charge in [0.05, 0.1) is 32.0 Å². The maximum atomic E-state index is 13.5. The van der Waals surface area contributed by atoms with Crippen molar-refractivity contribution in [2.24, 2.45) is 5.92 Å². The fourth-order valence-electron chi connectivity index (χ4n) is 3.99. The molecule has 1 aromatic carbocycles. The van der Waals surface area contributed by atoms with Crippen LogP contribution in [0.15, 0.2) is 36.5 Å². The number of rotatable bonds is 7. The number of ether oxygens (including phenoxy) is 2. The van der Waals surface area contributed by atoms with Crippen molar-refractivity contribution < 1.29 is 24.2 Å². The fourth-order valence-corrected chi connectivity index (χ4v) is 3.99. The van der Waals surface area contributed by atoms with Crippen molar-refractivity contribution in [1.29, 1.82) is 0 Å². The molecule has 37 heavy (non-hydrogen) atoms. The summed E-state index contributed by atoms with van der Waals surface area (Å²) in [5.74, 6) is 6.45. The predicted molar refractivity (Wildman–Crippen MR) is 142 cm³/mol. The number of pyridine rings is 1. The Labute approximate surface area is 218 Å². The lowest BCUT2D eigenvalue weighted by molar-refractivity contribution is 0.0356. The molecule has 2 heterocycles. The molecule has 0 aliphatic carbocycles. The molecule has 1 aliphatic rings. The Kier molecular flexibility index (Phi) is 9.75. The van der Waals surface area contributed by atoms with Gasteiger partial charge in [-0.25, -0.2) is 9.78 Å². The number of carbonyl (C=O) groups is 2. The number of amides is 3. The summed E-state index contributed by atoms with van der Waals surface area (Å²) in [5.41, 5.74) is 1.48. The minimum atomic E-state index is -0.460. The summed E-state index contributed by atoms with van der Waals surface area (Å²) in [4.78, 5) is 34.0. The number of fused-ring (bicyclic) bond motifs is 1. The van der Waals surface area contributed by atoms with Crippen molar-refractivity contribution in [1.82, 2.24) is 14.8 Å². The van der Waals surface area contributed by atoms with Crippen molar-refractivity contribution in [2.75, 3.05) is 39.2 Å². The van der Waals surface area contributed by atoms with Gasteiger partial charge in [0.2, 0.25) is 5.88 Å². The summed E-state index contributed by atoms with van der Waals surface area (Å²) in [6.45, 7) is 6.22. The van der Waals surface area contributed by atoms with Crippen LogP contribution in [0.25, 0.3) is 0 Å². The molecule has 0 fully saturated rings. The van der Waals surface area contributed by atoms with Crippen molar-refractivity contribution in [3.8, 4) is 23.5 Å². The van der Waals surface area contributed by atoms with Crippen molar-refractivity contribution in [3.05, 3.63) is 47.7 Å². The van der Waals surface area contributed by atoms with Crippen LogP contribution >= 0.6 is 0 Å². The summed E-state index contributed by atoms with van der Waals surface area (Å²) in [7, 11) is 3.23. The van der Waals surface area contributed by atoms with Crippen molar-refractivity contribution >= 4 is 17.6 Å². The zero-order valence-corrected chi connectivity index (χ0v) is 22.2. The lowest BCUT2D eigenvalue weighted by atomic mass is 10.00. The van der Waals surface area contributed by atoms with Crippen LogP contribution in [0.4, 0.5) is 10.5 Å². The molecule has 3 atom stereocenters. The molecule has 2 N–H and O–H groups in total. The molecule has 198 valence electrons. The summed E-state index contributed by atoms with van der Waals surface area (Å²) in [6, 6.07) is 8.14. The van der Waals surface area contributed by atoms with E-state index in [-0.39, 0.29) is 36.9 Å². The maximum Gasteiger partial charge on any atom is 0.321 e. The Balaban J connectivity index is 1.87. The van der Waals surface area contributed by atoms with Gasteiger partial charge in [-0.05, 0) is 31.5 Å². The predicted octanol–water partition coefficient (Wildman–Crippen LogP) is 3.63. The highest BCUT2D eigenvalue weighted by atomic mass is 16.5. The Morgan fingerprint density at radius 3 is 2.86 bits per heavy atom. The number of anilines is 1. The number of urea groups is 1. The molecular weight excluding hydrogens is 472 g/mol. The molecule has 3 amide bonds. The molecule has 1 aliphatic heterocycles. The number of para-hydroxylation sites is 2. The van der Waals surface area contributed by atoms with E-state index in [0.717, 1.165) is 12.8 Å². The number of aliphatic hydroxyl groups excluding tert-OH is 1. The van der Waals surface area contributed by atoms with E-state index in [1.165, 1.54) is 4.90 Å². The summed E-state index contributed by atoms with van der Waals surface area (Å²) >= 11 is 0. The van der Waals surface area contributed by atoms with Gasteiger partial charge in [0.15, 0.2) is 0 Å². The molecule has 0 saturated heterocycles. The third-order valence-corrected chi connectivity index (χ3v) is 6.28. The van der Waals surface area contributed by atoms with Gasteiger partial charge in [-0.15, -0.1) is 0 Å². The first-order valence-electron chi connectivity index (χ1n) is 12.5. The van der Waals surface area contributed by atoms with E-state index in [1.54, 1.807) is 50.4 Å². The van der Waals surface area contributed by atoms with Crippen LogP contribution in [0.1, 0.15) is 49.5 Å². The lowest BCUT2D eigenvalue weighted by Crippen LogP contribution is -2.50. The van der Waals surface area contributed by atoms with Crippen molar-refractivity contribution in [3.63, 3.8) is 0 Å². The fraction of sp³-hybridized carbons (Fsp3) is 0.464. The van der Waals surface area contributed by atoms with Crippen LogP contribution in [-0.4, -0.2) is 77.8 Å². The average Bonchev–Trinajstić information content (AvgIpc) is 2.90. The largest absolute Gasteiger partial charge is 0.495 e. The third-order valence-electron chi connectivity index (χ3n) is 6.28. The second kappa shape index (κ2) is 13.0. The first-order valence-corrected chi connectivity index (χ1v) is 12.5. The number of nitrogens with zero attached hydrogens (tertiary/aromatic N) is 3. The van der Waals surface area contributed by atoms with Crippen LogP contribution in [0.2, 0.25) is 0 Å². The van der Waals surface area contributed by atoms with Crippen LogP contribution in [0.3, 0.4) is 0 Å². The number of likely N-dealkylation sites (N-methyl/N-ethyl adjacent to an activating group) is 1. The van der Waals surface area contributed by atoms with Crippen molar-refractivity contribution in [2.45, 2.75) is 45.8 Å². The topological polar surface area (TPSA) is 104 Å². The molecule has 3 rings (SSSR count). The summed E-state index contributed by atoms with van der Waals surface area (Å²) in [5, 5.41) is 12.7. The number of methoxy groups -OCH3 is 1. The summed E-state index contributed by atoms with van der Waals surface area (Å²) < 4.78 is 11.6. The molecule has 0 bridgehead atoms. The van der Waals surface area contributed by atoms with E-state index in [0.29, 0.717) is 29.1 Å². The second-order valence-electron chi connectivity index (χ2n) is 9.26. The zero-order chi connectivity index (χ0) is 26.9. The SMILES string of the molecule is CCCC#Cc1cnc2c(c1)C(=O)N([C@@H](C)CO)C[C@@H](C)[C@H](CN(C)C(=O)Nc1ccccc1OC)O2. The Bertz CT molecular complexity index is 1160. The molecule has 1 aromatic heterocycles. The van der Waals surface area contributed by atoms with Crippen LogP contribution < -0.4 is 14.8 Å². The van der Waals surface area contributed by atoms with Gasteiger partial charge < -0.3 is 29.7 Å². The Morgan fingerprint density at radius 2 is 2.16 bits per heavy atom. The highest BCUT2D eigenvalue weighted by molar-refractivity contribution is 5.97. The van der Waals surface area contributed by atoms with E-state index >= 15 is 0 Å². The normalized spacial score (nSPS) is 17.8. The number of hydrogen-bond acceptors (Lipinski definition) is 6. The van der Waals surface area contributed by atoms with Crippen LogP contribution in [-0.2, 0) is 0 Å². The molecule has 0 radical (unpaired) electrons. The highest BCUT2D eigenvalue weighted by Gasteiger charge is 2.34. The monoisotopic (exact) mass is 508 g/mol. The van der Waals surface area contributed by atoms with Crippen LogP contribution in [0, 0.1) is 17.8 Å². The molecule has 0 unspecified atom stereocenters. The second-order valence-corrected chi connectivity index (χ2v) is 9.26. The summed E-state index contributed by atoms with van der Waals surface area (Å²) in [6.07, 6.45) is 2.82. The standard InChI is InChI=1S/C28H36N4O5/c1-6-7-8-11-21-14-22-26(29-15-21)37-25(19(2)16-32(27(22)34)20(3)18-33)17-31(4)28(35)30-23-12-9-10-13-24(23)36-5/h9-10,12-15,19-20,25,33H,6-7,16-18H2,1-5H3,(H,30,35)/t19-,20+,25+/m1/s1. The lowest BCUT2D eigenvalue weighted by Gasteiger charge is -2.37. The third kappa shape index (κ3) is 6.92. The van der Waals surface area contributed by atoms with Crippen LogP contribution in [0.5, 0.6) is 11.6 Å². The smallest absolute Gasteiger partial charge is 0.321 e. The van der Waals surface area contributed by atoms with E-state index in [9.17, 15) is 14.7 Å². The number of benzene rings is 1. The van der Waals surface area contributed by atoms with Gasteiger partial charge >= 0.3 is 6.03 Å². The highest BCUT2D eigenvalue weighted by Crippen LogP contribution is 2.28. The number of nitrogens with one attached hydrogen (secondary N) is 1. The van der Waals surface area contributed by atoms with Gasteiger partial charge in [0, 0.05) is 37.7 Å². The molecular formula is C28H36N4O5. The first kappa shape index (κ1) is 27.8. The van der Waals surface area contributed by atoms with Gasteiger partial charge in [-0.2, -0.15) is 0 Å². The molecule has 9 heteroatoms. The molecule has 9 nitrogen and oxygen atoms in total. The zero-order valence-electron chi connectivity index (χ0n) is 22.2. The quantitative estimate of drug-likeness (QED) is 0.554. The van der Waals surface area contributed by atoms with Gasteiger partial charge in [0.1, 0.15) is 17.4 Å². The van der Waals surface area contributed by atoms with E-state index < -0.39 is 12.1 Å². The number of aliphatic hydroxyl groups is 1. The first-order chi connectivity index (χ1) is 17.8. The maximum absolute atomic E-state index is 13.5. The number of aromatic nitrogens is 1. The minimum absolute atomic E-state index is 0.154. The molecule has 2 aromatic rings. The van der Waals surface area contributed by atoms with E-state index in [1.807, 2.05) is 26.0 Å². The molecule has 0 saturated carbocycles. The Morgan fingerprint density at radius 1 is 1.41 bits per heavy atom. The Hall–Kier alpha value is -3.77. The van der Waals surface area contributed by atoms with E-state index in [4.69, 9.17) is 9.47 Å². The number of unbranched alkanes of at least 4 members (excludes halogenated alkanes) is 1. The number of hydrogen-bond donors (Lipinski definition) is 2. The molecule has 0 spiro atoms. The van der Waals surface area contributed by atoms with Gasteiger partial charge in [-0.3, -0.25) is 4.79 Å². The number of carbonyl (C=O) groups excluding carboxylic acids is 2. The minimum Gasteiger partial charge on any atom is -0.495 e.